The summed E-state index contributed by atoms with van der Waals surface area (Å²) in [4.78, 5) is 41.4. The number of amides is 2. The van der Waals surface area contributed by atoms with Crippen molar-refractivity contribution in [2.24, 2.45) is 0 Å². The topological polar surface area (TPSA) is 97.3 Å². The van der Waals surface area contributed by atoms with Crippen molar-refractivity contribution in [3.63, 3.8) is 0 Å². The fourth-order valence-corrected chi connectivity index (χ4v) is 6.71. The van der Waals surface area contributed by atoms with Crippen LogP contribution in [-0.4, -0.2) is 57.6 Å². The van der Waals surface area contributed by atoms with Gasteiger partial charge in [0, 0.05) is 36.3 Å². The number of likely N-dealkylation sites (tertiary alicyclic amines) is 1. The van der Waals surface area contributed by atoms with Gasteiger partial charge in [0.15, 0.2) is 5.13 Å². The van der Waals surface area contributed by atoms with Crippen LogP contribution in [0.3, 0.4) is 0 Å². The van der Waals surface area contributed by atoms with Crippen LogP contribution < -0.4 is 10.1 Å². The number of thioether (sulfide) groups is 1. The maximum absolute atomic E-state index is 13.2. The van der Waals surface area contributed by atoms with Crippen LogP contribution in [0.5, 0.6) is 5.75 Å². The van der Waals surface area contributed by atoms with E-state index in [0.29, 0.717) is 35.2 Å². The van der Waals surface area contributed by atoms with E-state index in [2.05, 4.69) is 26.8 Å². The third kappa shape index (κ3) is 5.68. The predicted molar refractivity (Wildman–Crippen MR) is 149 cm³/mol. The number of piperidine rings is 1. The number of methoxy groups -OCH3 is 1. The molecule has 11 heteroatoms. The number of hydrogen-bond donors (Lipinski definition) is 1. The zero-order chi connectivity index (χ0) is 25.8. The first-order valence-corrected chi connectivity index (χ1v) is 14.4. The largest absolute Gasteiger partial charge is 0.497 e. The molecule has 4 aromatic rings. The number of carbonyl (C=O) groups excluding carboxylic acids is 2. The first-order valence-electron chi connectivity index (χ1n) is 11.7. The fraction of sp³-hybridized carbons (Fsp3) is 0.269. The highest BCUT2D eigenvalue weighted by Crippen LogP contribution is 2.33. The number of rotatable bonds is 8. The second-order valence-electron chi connectivity index (χ2n) is 8.40. The van der Waals surface area contributed by atoms with Crippen LogP contribution in [0.15, 0.2) is 59.6 Å². The number of benzene rings is 1. The number of hydrogen-bond acceptors (Lipinski definition) is 9. The Morgan fingerprint density at radius 2 is 2.11 bits per heavy atom. The van der Waals surface area contributed by atoms with Crippen molar-refractivity contribution < 1.29 is 14.3 Å². The van der Waals surface area contributed by atoms with Crippen LogP contribution in [0.1, 0.15) is 44.6 Å². The molecular weight excluding hydrogens is 527 g/mol. The van der Waals surface area contributed by atoms with Gasteiger partial charge in [0.05, 0.1) is 27.9 Å². The molecule has 0 spiro atoms. The minimum Gasteiger partial charge on any atom is -0.497 e. The van der Waals surface area contributed by atoms with Crippen molar-refractivity contribution in [3.8, 4) is 5.75 Å². The van der Waals surface area contributed by atoms with Gasteiger partial charge in [0.2, 0.25) is 0 Å². The van der Waals surface area contributed by atoms with E-state index >= 15 is 0 Å². The van der Waals surface area contributed by atoms with Crippen LogP contribution >= 0.6 is 34.4 Å². The molecule has 3 aromatic heterocycles. The molecule has 5 rings (SSSR count). The lowest BCUT2D eigenvalue weighted by atomic mass is 9.97. The quantitative estimate of drug-likeness (QED) is 0.221. The van der Waals surface area contributed by atoms with Gasteiger partial charge in [0.1, 0.15) is 16.5 Å². The van der Waals surface area contributed by atoms with Crippen molar-refractivity contribution in [2.75, 3.05) is 31.3 Å². The van der Waals surface area contributed by atoms with Crippen molar-refractivity contribution >= 4 is 61.6 Å². The molecule has 4 heterocycles. The van der Waals surface area contributed by atoms with Crippen molar-refractivity contribution in [3.05, 3.63) is 70.8 Å². The van der Waals surface area contributed by atoms with Crippen LogP contribution in [0.4, 0.5) is 5.13 Å². The summed E-state index contributed by atoms with van der Waals surface area (Å²) < 4.78 is 6.20. The van der Waals surface area contributed by atoms with Crippen molar-refractivity contribution in [2.45, 2.75) is 23.8 Å². The van der Waals surface area contributed by atoms with Crippen LogP contribution in [0.25, 0.3) is 10.2 Å². The molecule has 2 amide bonds. The van der Waals surface area contributed by atoms with Crippen LogP contribution in [0, 0.1) is 0 Å². The molecule has 190 valence electrons. The van der Waals surface area contributed by atoms with Crippen LogP contribution in [0.2, 0.25) is 0 Å². The van der Waals surface area contributed by atoms with Gasteiger partial charge in [-0.15, -0.1) is 29.7 Å². The van der Waals surface area contributed by atoms with E-state index in [1.54, 1.807) is 30.8 Å². The van der Waals surface area contributed by atoms with Gasteiger partial charge < -0.3 is 9.64 Å². The summed E-state index contributed by atoms with van der Waals surface area (Å²) in [6.45, 7) is 5.02. The Kier molecular flexibility index (Phi) is 7.82. The number of ether oxygens (including phenoxy) is 1. The van der Waals surface area contributed by atoms with E-state index in [0.717, 1.165) is 38.8 Å². The molecule has 1 aliphatic rings. The molecule has 1 fully saturated rings. The molecule has 37 heavy (non-hydrogen) atoms. The lowest BCUT2D eigenvalue weighted by molar-refractivity contribution is 0.0708. The average Bonchev–Trinajstić information content (AvgIpc) is 3.58. The van der Waals surface area contributed by atoms with E-state index in [1.165, 1.54) is 34.4 Å². The van der Waals surface area contributed by atoms with Crippen molar-refractivity contribution in [1.82, 2.24) is 19.9 Å². The number of pyridine rings is 1. The summed E-state index contributed by atoms with van der Waals surface area (Å²) in [6, 6.07) is 9.24. The van der Waals surface area contributed by atoms with Gasteiger partial charge in [-0.05, 0) is 43.2 Å². The molecule has 0 unspecified atom stereocenters. The minimum absolute atomic E-state index is 0.00534. The Morgan fingerprint density at radius 1 is 1.27 bits per heavy atom. The first kappa shape index (κ1) is 25.4. The molecule has 0 saturated carbocycles. The van der Waals surface area contributed by atoms with E-state index < -0.39 is 0 Å². The second kappa shape index (κ2) is 11.4. The highest BCUT2D eigenvalue weighted by atomic mass is 32.2. The molecule has 1 N–H and O–H groups in total. The molecule has 1 saturated heterocycles. The monoisotopic (exact) mass is 551 g/mol. The lowest BCUT2D eigenvalue weighted by Crippen LogP contribution is -2.38. The molecule has 0 atom stereocenters. The Morgan fingerprint density at radius 3 is 2.89 bits per heavy atom. The molecule has 8 nitrogen and oxygen atoms in total. The SMILES string of the molecule is C=CCSc1ncccc1C(=O)N1CCC(c2nc(C(=O)Nc3nc4ccc(OC)cc4s3)cs2)CC1. The predicted octanol–water partition coefficient (Wildman–Crippen LogP) is 5.71. The molecule has 1 aliphatic heterocycles. The van der Waals surface area contributed by atoms with E-state index in [4.69, 9.17) is 4.74 Å². The Bertz CT molecular complexity index is 1440. The number of carbonyl (C=O) groups is 2. The summed E-state index contributed by atoms with van der Waals surface area (Å²) >= 11 is 4.40. The summed E-state index contributed by atoms with van der Waals surface area (Å²) in [5, 5.41) is 6.84. The first-order chi connectivity index (χ1) is 18.1. The normalized spacial score (nSPS) is 14.0. The molecule has 1 aromatic carbocycles. The van der Waals surface area contributed by atoms with Gasteiger partial charge >= 0.3 is 0 Å². The van der Waals surface area contributed by atoms with E-state index in [1.807, 2.05) is 29.2 Å². The molecule has 0 radical (unpaired) electrons. The highest BCUT2D eigenvalue weighted by molar-refractivity contribution is 7.99. The zero-order valence-corrected chi connectivity index (χ0v) is 22.6. The molecular formula is C26H25N5O3S3. The van der Waals surface area contributed by atoms with Gasteiger partial charge in [-0.3, -0.25) is 14.9 Å². The summed E-state index contributed by atoms with van der Waals surface area (Å²) in [6.07, 6.45) is 5.11. The second-order valence-corrected chi connectivity index (χ2v) is 11.3. The Labute approximate surface area is 226 Å². The highest BCUT2D eigenvalue weighted by Gasteiger charge is 2.28. The zero-order valence-electron chi connectivity index (χ0n) is 20.2. The average molecular weight is 552 g/mol. The molecule has 0 bridgehead atoms. The van der Waals surface area contributed by atoms with Gasteiger partial charge in [-0.1, -0.05) is 17.4 Å². The number of nitrogens with one attached hydrogen (secondary N) is 1. The smallest absolute Gasteiger partial charge is 0.276 e. The molecule has 0 aliphatic carbocycles. The number of fused-ring (bicyclic) bond motifs is 1. The number of nitrogens with zero attached hydrogens (tertiary/aromatic N) is 4. The summed E-state index contributed by atoms with van der Waals surface area (Å²) in [5.41, 5.74) is 1.82. The number of aromatic nitrogens is 3. The van der Waals surface area contributed by atoms with Crippen molar-refractivity contribution in [1.29, 1.82) is 0 Å². The van der Waals surface area contributed by atoms with Gasteiger partial charge in [-0.25, -0.2) is 15.0 Å². The standard InChI is InChI=1S/C26H25N5O3S3/c1-3-13-35-24-18(5-4-10-27-24)25(33)31-11-8-16(9-12-31)23-28-20(15-36-23)22(32)30-26-29-19-7-6-17(34-2)14-21(19)37-26/h3-7,10,14-16H,1,8-9,11-13H2,2H3,(H,29,30,32). The minimum atomic E-state index is -0.276. The van der Waals surface area contributed by atoms with Gasteiger partial charge in [-0.2, -0.15) is 0 Å². The summed E-state index contributed by atoms with van der Waals surface area (Å²) in [7, 11) is 1.62. The summed E-state index contributed by atoms with van der Waals surface area (Å²) in [5.74, 6) is 1.40. The third-order valence-corrected chi connectivity index (χ3v) is 8.98. The third-order valence-electron chi connectivity index (χ3n) is 6.04. The van der Waals surface area contributed by atoms with E-state index in [9.17, 15) is 9.59 Å². The maximum Gasteiger partial charge on any atom is 0.276 e. The number of anilines is 1. The number of thiazole rings is 2. The lowest BCUT2D eigenvalue weighted by Gasteiger charge is -2.31. The van der Waals surface area contributed by atoms with Crippen LogP contribution in [-0.2, 0) is 0 Å². The van der Waals surface area contributed by atoms with E-state index in [-0.39, 0.29) is 17.7 Å². The Balaban J connectivity index is 1.19. The fourth-order valence-electron chi connectivity index (χ4n) is 4.13. The van der Waals surface area contributed by atoms with Gasteiger partial charge in [0.25, 0.3) is 11.8 Å². The maximum atomic E-state index is 13.2. The Hall–Kier alpha value is -3.28.